The van der Waals surface area contributed by atoms with E-state index >= 15 is 0 Å². The minimum absolute atomic E-state index is 0.161. The van der Waals surface area contributed by atoms with Crippen molar-refractivity contribution in [2.45, 2.75) is 0 Å². The van der Waals surface area contributed by atoms with Crippen LogP contribution < -0.4 is 10.6 Å². The Balaban J connectivity index is 1.68. The van der Waals surface area contributed by atoms with Crippen LogP contribution in [0.1, 0.15) is 26.5 Å². The lowest BCUT2D eigenvalue weighted by atomic mass is 10.2. The van der Waals surface area contributed by atoms with Crippen molar-refractivity contribution in [2.75, 3.05) is 11.9 Å². The molecular formula is C21H15N7O2. The second-order valence-electron chi connectivity index (χ2n) is 6.46. The Kier molecular flexibility index (Phi) is 4.66. The van der Waals surface area contributed by atoms with E-state index in [1.807, 2.05) is 6.07 Å². The first-order valence-corrected chi connectivity index (χ1v) is 8.85. The van der Waals surface area contributed by atoms with Gasteiger partial charge in [-0.2, -0.15) is 5.26 Å². The lowest BCUT2D eigenvalue weighted by Crippen LogP contribution is -2.27. The fourth-order valence-electron chi connectivity index (χ4n) is 2.95. The Bertz CT molecular complexity index is 1300. The van der Waals surface area contributed by atoms with Crippen LogP contribution >= 0.6 is 0 Å². The summed E-state index contributed by atoms with van der Waals surface area (Å²) in [5.74, 6) is -0.925. The minimum atomic E-state index is -0.609. The molecular weight excluding hydrogens is 382 g/mol. The van der Waals surface area contributed by atoms with Crippen molar-refractivity contribution < 1.29 is 9.59 Å². The summed E-state index contributed by atoms with van der Waals surface area (Å²) in [6, 6.07) is 12.0. The normalized spacial score (nSPS) is 10.5. The molecule has 2 amide bonds. The molecule has 0 saturated heterocycles. The average Bonchev–Trinajstić information content (AvgIpc) is 3.21. The fourth-order valence-corrected chi connectivity index (χ4v) is 2.95. The number of benzene rings is 1. The number of nitriles is 1. The largest absolute Gasteiger partial charge is 0.364 e. The van der Waals surface area contributed by atoms with E-state index in [0.29, 0.717) is 28.2 Å². The van der Waals surface area contributed by atoms with Crippen LogP contribution in [0, 0.1) is 11.3 Å². The molecule has 9 nitrogen and oxygen atoms in total. The van der Waals surface area contributed by atoms with Gasteiger partial charge in [-0.15, -0.1) is 0 Å². The first kappa shape index (κ1) is 18.8. The second-order valence-corrected chi connectivity index (χ2v) is 6.46. The van der Waals surface area contributed by atoms with Gasteiger partial charge in [-0.1, -0.05) is 0 Å². The lowest BCUT2D eigenvalue weighted by molar-refractivity contribution is 0.0983. The summed E-state index contributed by atoms with van der Waals surface area (Å²) in [5, 5.41) is 8.92. The van der Waals surface area contributed by atoms with E-state index in [2.05, 4.69) is 15.0 Å². The average molecular weight is 397 g/mol. The number of fused-ring (bicyclic) bond motifs is 1. The number of hydrogen-bond donors (Lipinski definition) is 1. The van der Waals surface area contributed by atoms with E-state index in [0.717, 1.165) is 0 Å². The van der Waals surface area contributed by atoms with E-state index in [1.54, 1.807) is 54.2 Å². The molecule has 0 aliphatic rings. The van der Waals surface area contributed by atoms with Gasteiger partial charge in [-0.05, 0) is 36.4 Å². The molecule has 4 aromatic rings. The highest BCUT2D eigenvalue weighted by molar-refractivity contribution is 6.04. The zero-order valence-corrected chi connectivity index (χ0v) is 15.9. The zero-order chi connectivity index (χ0) is 21.3. The molecule has 0 saturated carbocycles. The van der Waals surface area contributed by atoms with Crippen molar-refractivity contribution in [1.29, 1.82) is 5.26 Å². The van der Waals surface area contributed by atoms with Crippen molar-refractivity contribution in [1.82, 2.24) is 19.4 Å². The number of nitrogens with two attached hydrogens (primary N) is 1. The second kappa shape index (κ2) is 7.44. The van der Waals surface area contributed by atoms with Gasteiger partial charge in [-0.3, -0.25) is 19.0 Å². The Morgan fingerprint density at radius 2 is 1.73 bits per heavy atom. The van der Waals surface area contributed by atoms with Crippen LogP contribution in [0.2, 0.25) is 0 Å². The number of nitrogens with zero attached hydrogens (tertiary/aromatic N) is 6. The third kappa shape index (κ3) is 3.33. The van der Waals surface area contributed by atoms with Gasteiger partial charge >= 0.3 is 0 Å². The minimum Gasteiger partial charge on any atom is -0.364 e. The van der Waals surface area contributed by atoms with E-state index in [9.17, 15) is 9.59 Å². The zero-order valence-electron chi connectivity index (χ0n) is 15.9. The van der Waals surface area contributed by atoms with Crippen molar-refractivity contribution >= 4 is 23.1 Å². The van der Waals surface area contributed by atoms with E-state index in [4.69, 9.17) is 11.0 Å². The summed E-state index contributed by atoms with van der Waals surface area (Å²) in [6.45, 7) is 0. The molecule has 4 rings (SSSR count). The van der Waals surface area contributed by atoms with Gasteiger partial charge in [0.05, 0.1) is 29.7 Å². The first-order valence-electron chi connectivity index (χ1n) is 8.85. The van der Waals surface area contributed by atoms with Gasteiger partial charge in [0, 0.05) is 30.7 Å². The number of carbonyl (C=O) groups is 2. The Morgan fingerprint density at radius 1 is 1.00 bits per heavy atom. The van der Waals surface area contributed by atoms with Gasteiger partial charge in [0.2, 0.25) is 0 Å². The third-order valence-electron chi connectivity index (χ3n) is 4.62. The number of aromatic nitrogens is 4. The van der Waals surface area contributed by atoms with Crippen molar-refractivity contribution in [3.05, 3.63) is 78.1 Å². The van der Waals surface area contributed by atoms with Crippen LogP contribution in [-0.2, 0) is 0 Å². The summed E-state index contributed by atoms with van der Waals surface area (Å²) in [4.78, 5) is 38.2. The van der Waals surface area contributed by atoms with Crippen LogP contribution in [0.25, 0.3) is 16.9 Å². The topological polar surface area (TPSA) is 130 Å². The Morgan fingerprint density at radius 3 is 2.37 bits per heavy atom. The lowest BCUT2D eigenvalue weighted by Gasteiger charge is -2.17. The summed E-state index contributed by atoms with van der Waals surface area (Å²) >= 11 is 0. The predicted molar refractivity (Wildman–Crippen MR) is 109 cm³/mol. The van der Waals surface area contributed by atoms with Crippen LogP contribution in [0.4, 0.5) is 5.69 Å². The Hall–Kier alpha value is -4.58. The summed E-state index contributed by atoms with van der Waals surface area (Å²) in [6.07, 6.45) is 6.27. The maximum absolute atomic E-state index is 12.9. The summed E-state index contributed by atoms with van der Waals surface area (Å²) in [7, 11) is 1.64. The van der Waals surface area contributed by atoms with Crippen LogP contribution in [0.5, 0.6) is 0 Å². The number of imidazole rings is 1. The maximum Gasteiger partial charge on any atom is 0.278 e. The first-order chi connectivity index (χ1) is 14.5. The molecule has 9 heteroatoms. The highest BCUT2D eigenvalue weighted by atomic mass is 16.2. The number of pyridine rings is 1. The quantitative estimate of drug-likeness (QED) is 0.561. The number of hydrogen-bond acceptors (Lipinski definition) is 6. The van der Waals surface area contributed by atoms with Crippen LogP contribution in [0.15, 0.2) is 61.2 Å². The molecule has 0 bridgehead atoms. The molecule has 3 aromatic heterocycles. The molecule has 30 heavy (non-hydrogen) atoms. The molecule has 2 N–H and O–H groups in total. The molecule has 1 aromatic carbocycles. The molecule has 0 atom stereocenters. The molecule has 3 heterocycles. The molecule has 0 fully saturated rings. The number of rotatable bonds is 4. The highest BCUT2D eigenvalue weighted by Crippen LogP contribution is 2.21. The number of anilines is 1. The smallest absolute Gasteiger partial charge is 0.278 e. The van der Waals surface area contributed by atoms with Crippen LogP contribution in [-0.4, -0.2) is 38.2 Å². The standard InChI is InChI=1S/C21H15N7O2/c1-27(15-5-2-13(8-22)3-6-15)21(30)17-12-28-18(10-26-19(28)11-25-17)14-4-7-16(20(23)29)24-9-14/h2-7,9-12H,1H3,(H2,23,29). The SMILES string of the molecule is CN(C(=O)c1cn2c(-c3ccc(C(N)=O)nc3)cnc2cn1)c1ccc(C#N)cc1. The van der Waals surface area contributed by atoms with Crippen molar-refractivity contribution in [3.8, 4) is 17.3 Å². The predicted octanol–water partition coefficient (Wildman–Crippen LogP) is 2.04. The van der Waals surface area contributed by atoms with Gasteiger partial charge < -0.3 is 10.6 Å². The molecule has 0 aliphatic carbocycles. The highest BCUT2D eigenvalue weighted by Gasteiger charge is 2.17. The Labute approximate surface area is 171 Å². The van der Waals surface area contributed by atoms with Gasteiger partial charge in [0.15, 0.2) is 5.65 Å². The van der Waals surface area contributed by atoms with Gasteiger partial charge in [-0.25, -0.2) is 9.97 Å². The van der Waals surface area contributed by atoms with E-state index < -0.39 is 5.91 Å². The summed E-state index contributed by atoms with van der Waals surface area (Å²) in [5.41, 5.74) is 8.71. The van der Waals surface area contributed by atoms with Gasteiger partial charge in [0.1, 0.15) is 11.4 Å². The third-order valence-corrected chi connectivity index (χ3v) is 4.62. The fraction of sp³-hybridized carbons (Fsp3) is 0.0476. The summed E-state index contributed by atoms with van der Waals surface area (Å²) < 4.78 is 1.73. The number of carbonyl (C=O) groups excluding carboxylic acids is 2. The van der Waals surface area contributed by atoms with E-state index in [-0.39, 0.29) is 17.3 Å². The molecule has 0 unspecified atom stereocenters. The van der Waals surface area contributed by atoms with E-state index in [1.165, 1.54) is 23.4 Å². The monoisotopic (exact) mass is 397 g/mol. The molecule has 146 valence electrons. The van der Waals surface area contributed by atoms with Gasteiger partial charge in [0.25, 0.3) is 11.8 Å². The molecule has 0 spiro atoms. The van der Waals surface area contributed by atoms with Crippen molar-refractivity contribution in [2.24, 2.45) is 5.73 Å². The molecule has 0 aliphatic heterocycles. The maximum atomic E-state index is 12.9. The molecule has 0 radical (unpaired) electrons. The number of primary amides is 1. The van der Waals surface area contributed by atoms with Crippen molar-refractivity contribution in [3.63, 3.8) is 0 Å². The number of amides is 2. The van der Waals surface area contributed by atoms with Crippen LogP contribution in [0.3, 0.4) is 0 Å².